The lowest BCUT2D eigenvalue weighted by molar-refractivity contribution is 0.0636. The van der Waals surface area contributed by atoms with E-state index in [9.17, 15) is 4.79 Å². The molecular formula is C18H26N2O2S. The predicted molar refractivity (Wildman–Crippen MR) is 96.2 cm³/mol. The molecule has 0 aromatic heterocycles. The Labute approximate surface area is 142 Å². The molecule has 1 saturated heterocycles. The number of hydrogen-bond donors (Lipinski definition) is 2. The van der Waals surface area contributed by atoms with Crippen LogP contribution in [-0.2, 0) is 11.2 Å². The van der Waals surface area contributed by atoms with Gasteiger partial charge in [-0.2, -0.15) is 11.8 Å². The molecule has 126 valence electrons. The Morgan fingerprint density at radius 3 is 2.83 bits per heavy atom. The standard InChI is InChI=1S/C18H26N2O2S/c1-18(2,3)22-17(21)20-13-5-6-15-12(10-13)4-7-16(15)19-14-8-9-23-11-14/h5-6,10,14,16,19H,4,7-9,11H2,1-3H3,(H,20,21). The molecule has 2 unspecified atom stereocenters. The SMILES string of the molecule is CC(C)(C)OC(=O)Nc1ccc2c(c1)CCC2NC1CCSC1. The van der Waals surface area contributed by atoms with Crippen LogP contribution < -0.4 is 10.6 Å². The summed E-state index contributed by atoms with van der Waals surface area (Å²) >= 11 is 2.04. The highest BCUT2D eigenvalue weighted by atomic mass is 32.2. The third-order valence-electron chi connectivity index (χ3n) is 4.23. The van der Waals surface area contributed by atoms with Crippen LogP contribution in [0.2, 0.25) is 0 Å². The zero-order valence-electron chi connectivity index (χ0n) is 14.1. The smallest absolute Gasteiger partial charge is 0.412 e. The van der Waals surface area contributed by atoms with Crippen LogP contribution >= 0.6 is 11.8 Å². The summed E-state index contributed by atoms with van der Waals surface area (Å²) in [6.07, 6.45) is 3.09. The molecule has 3 rings (SSSR count). The number of hydrogen-bond acceptors (Lipinski definition) is 4. The first-order valence-electron chi connectivity index (χ1n) is 8.37. The normalized spacial score (nSPS) is 23.6. The van der Waals surface area contributed by atoms with E-state index in [2.05, 4.69) is 22.8 Å². The first kappa shape index (κ1) is 16.7. The summed E-state index contributed by atoms with van der Waals surface area (Å²) in [7, 11) is 0. The Bertz CT molecular complexity index is 577. The van der Waals surface area contributed by atoms with Gasteiger partial charge in [0.1, 0.15) is 5.60 Å². The number of nitrogens with one attached hydrogen (secondary N) is 2. The lowest BCUT2D eigenvalue weighted by atomic mass is 10.1. The molecule has 0 saturated carbocycles. The van der Waals surface area contributed by atoms with Crippen molar-refractivity contribution in [3.8, 4) is 0 Å². The zero-order valence-corrected chi connectivity index (χ0v) is 15.0. The first-order chi connectivity index (χ1) is 10.9. The summed E-state index contributed by atoms with van der Waals surface area (Å²) in [4.78, 5) is 11.9. The molecule has 1 aliphatic heterocycles. The van der Waals surface area contributed by atoms with Gasteiger partial charge in [0, 0.05) is 23.5 Å². The van der Waals surface area contributed by atoms with E-state index in [1.54, 1.807) is 0 Å². The molecule has 0 bridgehead atoms. The minimum Gasteiger partial charge on any atom is -0.444 e. The van der Waals surface area contributed by atoms with Gasteiger partial charge in [0.15, 0.2) is 0 Å². The van der Waals surface area contributed by atoms with Gasteiger partial charge in [-0.1, -0.05) is 6.07 Å². The molecule has 1 amide bonds. The summed E-state index contributed by atoms with van der Waals surface area (Å²) in [5, 5.41) is 6.62. The van der Waals surface area contributed by atoms with E-state index >= 15 is 0 Å². The number of thioether (sulfide) groups is 1. The quantitative estimate of drug-likeness (QED) is 0.873. The highest BCUT2D eigenvalue weighted by molar-refractivity contribution is 7.99. The summed E-state index contributed by atoms with van der Waals surface area (Å²) in [6, 6.07) is 7.32. The average Bonchev–Trinajstić information content (AvgIpc) is 3.07. The second-order valence-corrected chi connectivity index (χ2v) is 8.51. The highest BCUT2D eigenvalue weighted by Crippen LogP contribution is 2.34. The molecular weight excluding hydrogens is 308 g/mol. The van der Waals surface area contributed by atoms with Crippen molar-refractivity contribution in [3.63, 3.8) is 0 Å². The second kappa shape index (κ2) is 6.73. The molecule has 1 aliphatic carbocycles. The Balaban J connectivity index is 1.63. The molecule has 1 heterocycles. The number of rotatable bonds is 3. The summed E-state index contributed by atoms with van der Waals surface area (Å²) in [5.41, 5.74) is 3.06. The van der Waals surface area contributed by atoms with Gasteiger partial charge in [-0.05, 0) is 69.0 Å². The fraction of sp³-hybridized carbons (Fsp3) is 0.611. The van der Waals surface area contributed by atoms with Crippen molar-refractivity contribution >= 4 is 23.5 Å². The van der Waals surface area contributed by atoms with Gasteiger partial charge < -0.3 is 10.1 Å². The second-order valence-electron chi connectivity index (χ2n) is 7.36. The van der Waals surface area contributed by atoms with Crippen LogP contribution in [0.15, 0.2) is 18.2 Å². The maximum Gasteiger partial charge on any atom is 0.412 e. The van der Waals surface area contributed by atoms with E-state index in [0.717, 1.165) is 18.5 Å². The largest absolute Gasteiger partial charge is 0.444 e. The van der Waals surface area contributed by atoms with Crippen LogP contribution in [0.5, 0.6) is 0 Å². The van der Waals surface area contributed by atoms with Crippen LogP contribution in [0.1, 0.15) is 50.8 Å². The van der Waals surface area contributed by atoms with Gasteiger partial charge in [0.25, 0.3) is 0 Å². The molecule has 23 heavy (non-hydrogen) atoms. The molecule has 1 aromatic carbocycles. The van der Waals surface area contributed by atoms with Crippen molar-refractivity contribution < 1.29 is 9.53 Å². The van der Waals surface area contributed by atoms with E-state index in [4.69, 9.17) is 4.74 Å². The predicted octanol–water partition coefficient (Wildman–Crippen LogP) is 4.12. The van der Waals surface area contributed by atoms with Gasteiger partial charge >= 0.3 is 6.09 Å². The Hall–Kier alpha value is -1.20. The van der Waals surface area contributed by atoms with Crippen LogP contribution in [0.25, 0.3) is 0 Å². The summed E-state index contributed by atoms with van der Waals surface area (Å²) < 4.78 is 5.31. The van der Waals surface area contributed by atoms with E-state index in [1.165, 1.54) is 29.1 Å². The molecule has 2 aliphatic rings. The summed E-state index contributed by atoms with van der Waals surface area (Å²) in [5.74, 6) is 2.50. The van der Waals surface area contributed by atoms with E-state index in [-0.39, 0.29) is 0 Å². The monoisotopic (exact) mass is 334 g/mol. The van der Waals surface area contributed by atoms with Gasteiger partial charge in [0.2, 0.25) is 0 Å². The number of carbonyl (C=O) groups excluding carboxylic acids is 1. The highest BCUT2D eigenvalue weighted by Gasteiger charge is 2.26. The number of fused-ring (bicyclic) bond motifs is 1. The molecule has 2 N–H and O–H groups in total. The Morgan fingerprint density at radius 2 is 2.13 bits per heavy atom. The average molecular weight is 334 g/mol. The minimum atomic E-state index is -0.477. The lowest BCUT2D eigenvalue weighted by Crippen LogP contribution is -2.31. The molecule has 0 radical (unpaired) electrons. The topological polar surface area (TPSA) is 50.4 Å². The molecule has 5 heteroatoms. The van der Waals surface area contributed by atoms with Crippen LogP contribution in [-0.4, -0.2) is 29.2 Å². The molecule has 0 spiro atoms. The maximum atomic E-state index is 11.9. The van der Waals surface area contributed by atoms with Crippen LogP contribution in [0, 0.1) is 0 Å². The van der Waals surface area contributed by atoms with Gasteiger partial charge in [0.05, 0.1) is 0 Å². The van der Waals surface area contributed by atoms with Crippen molar-refractivity contribution in [2.24, 2.45) is 0 Å². The minimum absolute atomic E-state index is 0.395. The van der Waals surface area contributed by atoms with Gasteiger partial charge in [-0.25, -0.2) is 4.79 Å². The number of aryl methyl sites for hydroxylation is 1. The third-order valence-corrected chi connectivity index (χ3v) is 5.40. The number of carbonyl (C=O) groups is 1. The Morgan fingerprint density at radius 1 is 1.30 bits per heavy atom. The molecule has 1 aromatic rings. The fourth-order valence-electron chi connectivity index (χ4n) is 3.24. The Kier molecular flexibility index (Phi) is 4.87. The van der Waals surface area contributed by atoms with E-state index < -0.39 is 11.7 Å². The molecule has 4 nitrogen and oxygen atoms in total. The molecule has 2 atom stereocenters. The summed E-state index contributed by atoms with van der Waals surface area (Å²) in [6.45, 7) is 5.60. The first-order valence-corrected chi connectivity index (χ1v) is 9.53. The van der Waals surface area contributed by atoms with Crippen LogP contribution in [0.3, 0.4) is 0 Å². The number of anilines is 1. The number of benzene rings is 1. The lowest BCUT2D eigenvalue weighted by Gasteiger charge is -2.20. The van der Waals surface area contributed by atoms with Crippen molar-refractivity contribution in [2.75, 3.05) is 16.8 Å². The van der Waals surface area contributed by atoms with Gasteiger partial charge in [-0.15, -0.1) is 0 Å². The van der Waals surface area contributed by atoms with Crippen LogP contribution in [0.4, 0.5) is 10.5 Å². The van der Waals surface area contributed by atoms with Crippen molar-refractivity contribution in [1.82, 2.24) is 5.32 Å². The number of amides is 1. The molecule has 1 fully saturated rings. The van der Waals surface area contributed by atoms with Crippen molar-refractivity contribution in [3.05, 3.63) is 29.3 Å². The number of ether oxygens (including phenoxy) is 1. The fourth-order valence-corrected chi connectivity index (χ4v) is 4.41. The van der Waals surface area contributed by atoms with E-state index in [0.29, 0.717) is 12.1 Å². The third kappa shape index (κ3) is 4.42. The van der Waals surface area contributed by atoms with Gasteiger partial charge in [-0.3, -0.25) is 5.32 Å². The maximum absolute atomic E-state index is 11.9. The zero-order chi connectivity index (χ0) is 16.4. The van der Waals surface area contributed by atoms with Crippen molar-refractivity contribution in [2.45, 2.75) is 57.7 Å². The van der Waals surface area contributed by atoms with Crippen molar-refractivity contribution in [1.29, 1.82) is 0 Å². The van der Waals surface area contributed by atoms with E-state index in [1.807, 2.05) is 38.6 Å².